The SMILES string of the molecule is CC(CCC(=O)NCCN)O[N+](=O)[O-]. The summed E-state index contributed by atoms with van der Waals surface area (Å²) in [5.41, 5.74) is 5.17. The first-order valence-electron chi connectivity index (χ1n) is 4.34. The third kappa shape index (κ3) is 7.29. The lowest BCUT2D eigenvalue weighted by Crippen LogP contribution is -2.29. The maximum absolute atomic E-state index is 11.0. The van der Waals surface area contributed by atoms with Crippen molar-refractivity contribution in [2.24, 2.45) is 5.73 Å². The summed E-state index contributed by atoms with van der Waals surface area (Å²) in [6, 6.07) is 0. The Morgan fingerprint density at radius 2 is 2.36 bits per heavy atom. The first-order chi connectivity index (χ1) is 6.56. The zero-order chi connectivity index (χ0) is 11.0. The molecule has 14 heavy (non-hydrogen) atoms. The molecule has 3 N–H and O–H groups in total. The molecule has 7 nitrogen and oxygen atoms in total. The van der Waals surface area contributed by atoms with Crippen molar-refractivity contribution >= 4 is 5.91 Å². The molecule has 0 bridgehead atoms. The van der Waals surface area contributed by atoms with Crippen molar-refractivity contribution in [3.05, 3.63) is 10.1 Å². The minimum atomic E-state index is -0.859. The number of nitrogens with one attached hydrogen (secondary N) is 1. The Bertz CT molecular complexity index is 197. The van der Waals surface area contributed by atoms with Crippen LogP contribution < -0.4 is 11.1 Å². The molecule has 0 saturated heterocycles. The number of hydrogen-bond acceptors (Lipinski definition) is 5. The lowest BCUT2D eigenvalue weighted by Gasteiger charge is -2.08. The molecule has 82 valence electrons. The van der Waals surface area contributed by atoms with Crippen LogP contribution in [0.1, 0.15) is 19.8 Å². The van der Waals surface area contributed by atoms with Gasteiger partial charge in [0.2, 0.25) is 5.91 Å². The Hall–Kier alpha value is -1.37. The van der Waals surface area contributed by atoms with Crippen molar-refractivity contribution in [2.45, 2.75) is 25.9 Å². The van der Waals surface area contributed by atoms with Crippen molar-refractivity contribution in [2.75, 3.05) is 13.1 Å². The van der Waals surface area contributed by atoms with E-state index in [1.165, 1.54) is 0 Å². The van der Waals surface area contributed by atoms with Crippen molar-refractivity contribution in [1.82, 2.24) is 5.32 Å². The van der Waals surface area contributed by atoms with Crippen molar-refractivity contribution in [3.8, 4) is 0 Å². The van der Waals surface area contributed by atoms with Gasteiger partial charge in [-0.3, -0.25) is 4.79 Å². The van der Waals surface area contributed by atoms with E-state index in [1.807, 2.05) is 0 Å². The number of nitrogens with zero attached hydrogens (tertiary/aromatic N) is 1. The molecule has 0 aromatic rings. The van der Waals surface area contributed by atoms with Crippen LogP contribution in [-0.4, -0.2) is 30.2 Å². The second-order valence-electron chi connectivity index (χ2n) is 2.82. The number of hydrogen-bond donors (Lipinski definition) is 2. The van der Waals surface area contributed by atoms with Gasteiger partial charge in [0, 0.05) is 19.5 Å². The number of nitrogens with two attached hydrogens (primary N) is 1. The molecule has 0 fully saturated rings. The molecular weight excluding hydrogens is 190 g/mol. The summed E-state index contributed by atoms with van der Waals surface area (Å²) < 4.78 is 0. The Labute approximate surface area is 81.7 Å². The summed E-state index contributed by atoms with van der Waals surface area (Å²) >= 11 is 0. The van der Waals surface area contributed by atoms with E-state index in [0.717, 1.165) is 0 Å². The first-order valence-corrected chi connectivity index (χ1v) is 4.34. The Morgan fingerprint density at radius 3 is 2.86 bits per heavy atom. The van der Waals surface area contributed by atoms with Gasteiger partial charge in [0.1, 0.15) is 6.10 Å². The summed E-state index contributed by atoms with van der Waals surface area (Å²) in [5, 5.41) is 11.6. The van der Waals surface area contributed by atoms with E-state index in [1.54, 1.807) is 6.92 Å². The summed E-state index contributed by atoms with van der Waals surface area (Å²) in [6.45, 7) is 2.34. The van der Waals surface area contributed by atoms with E-state index < -0.39 is 11.2 Å². The number of rotatable bonds is 7. The minimum Gasteiger partial charge on any atom is -0.355 e. The highest BCUT2D eigenvalue weighted by atomic mass is 17.0. The zero-order valence-electron chi connectivity index (χ0n) is 8.06. The Kier molecular flexibility index (Phi) is 6.38. The van der Waals surface area contributed by atoms with Gasteiger partial charge in [0.25, 0.3) is 5.09 Å². The molecule has 7 heteroatoms. The van der Waals surface area contributed by atoms with Gasteiger partial charge in [-0.15, -0.1) is 10.1 Å². The Balaban J connectivity index is 3.50. The second-order valence-corrected chi connectivity index (χ2v) is 2.82. The van der Waals surface area contributed by atoms with Crippen molar-refractivity contribution in [3.63, 3.8) is 0 Å². The molecule has 0 heterocycles. The lowest BCUT2D eigenvalue weighted by molar-refractivity contribution is -0.767. The smallest absolute Gasteiger partial charge is 0.294 e. The van der Waals surface area contributed by atoms with Gasteiger partial charge in [-0.25, -0.2) is 0 Å². The molecule has 0 aliphatic rings. The van der Waals surface area contributed by atoms with E-state index in [0.29, 0.717) is 19.5 Å². The lowest BCUT2D eigenvalue weighted by atomic mass is 10.2. The predicted molar refractivity (Wildman–Crippen MR) is 48.8 cm³/mol. The highest BCUT2D eigenvalue weighted by Crippen LogP contribution is 2.00. The van der Waals surface area contributed by atoms with Crippen LogP contribution in [0.25, 0.3) is 0 Å². The third-order valence-corrected chi connectivity index (χ3v) is 1.51. The Morgan fingerprint density at radius 1 is 1.71 bits per heavy atom. The fourth-order valence-corrected chi connectivity index (χ4v) is 0.834. The summed E-state index contributed by atoms with van der Waals surface area (Å²) in [6.07, 6.45) is -0.0412. The van der Waals surface area contributed by atoms with Gasteiger partial charge in [0.05, 0.1) is 0 Å². The monoisotopic (exact) mass is 205 g/mol. The van der Waals surface area contributed by atoms with Crippen LogP contribution in [0.15, 0.2) is 0 Å². The number of carbonyl (C=O) groups is 1. The molecule has 0 spiro atoms. The minimum absolute atomic E-state index is 0.172. The van der Waals surface area contributed by atoms with E-state index in [2.05, 4.69) is 10.2 Å². The van der Waals surface area contributed by atoms with Crippen molar-refractivity contribution < 1.29 is 14.7 Å². The molecular formula is C7H15N3O4. The van der Waals surface area contributed by atoms with E-state index >= 15 is 0 Å². The van der Waals surface area contributed by atoms with Crippen LogP contribution in [0.4, 0.5) is 0 Å². The fraction of sp³-hybridized carbons (Fsp3) is 0.857. The van der Waals surface area contributed by atoms with Crippen molar-refractivity contribution in [1.29, 1.82) is 0 Å². The van der Waals surface area contributed by atoms with E-state index in [9.17, 15) is 14.9 Å². The molecule has 0 aliphatic heterocycles. The molecule has 0 saturated carbocycles. The highest BCUT2D eigenvalue weighted by molar-refractivity contribution is 5.75. The maximum Gasteiger partial charge on any atom is 0.294 e. The average Bonchev–Trinajstić information content (AvgIpc) is 2.10. The summed E-state index contributed by atoms with van der Waals surface area (Å²) in [7, 11) is 0. The normalized spacial score (nSPS) is 11.9. The van der Waals surface area contributed by atoms with Crippen LogP contribution >= 0.6 is 0 Å². The van der Waals surface area contributed by atoms with E-state index in [-0.39, 0.29) is 12.3 Å². The second kappa shape index (κ2) is 7.07. The molecule has 0 aromatic heterocycles. The maximum atomic E-state index is 11.0. The van der Waals surface area contributed by atoms with Gasteiger partial charge < -0.3 is 15.9 Å². The third-order valence-electron chi connectivity index (χ3n) is 1.51. The standard InChI is InChI=1S/C7H15N3O4/c1-6(14-10(12)13)2-3-7(11)9-5-4-8/h6H,2-5,8H2,1H3,(H,9,11). The van der Waals surface area contributed by atoms with Crippen LogP contribution in [0.3, 0.4) is 0 Å². The fourth-order valence-electron chi connectivity index (χ4n) is 0.834. The van der Waals surface area contributed by atoms with Gasteiger partial charge >= 0.3 is 0 Å². The highest BCUT2D eigenvalue weighted by Gasteiger charge is 2.09. The molecule has 1 atom stereocenters. The molecule has 0 aliphatic carbocycles. The van der Waals surface area contributed by atoms with Crippen LogP contribution in [0, 0.1) is 10.1 Å². The van der Waals surface area contributed by atoms with Crippen LogP contribution in [0.2, 0.25) is 0 Å². The first kappa shape index (κ1) is 12.6. The topological polar surface area (TPSA) is 107 Å². The van der Waals surface area contributed by atoms with Crippen LogP contribution in [0.5, 0.6) is 0 Å². The summed E-state index contributed by atoms with van der Waals surface area (Å²) in [5.74, 6) is -0.172. The summed E-state index contributed by atoms with van der Waals surface area (Å²) in [4.78, 5) is 25.1. The predicted octanol–water partition coefficient (Wildman–Crippen LogP) is -0.562. The van der Waals surface area contributed by atoms with Crippen LogP contribution in [-0.2, 0) is 9.63 Å². The molecule has 1 amide bonds. The van der Waals surface area contributed by atoms with Gasteiger partial charge in [-0.1, -0.05) is 0 Å². The number of carbonyl (C=O) groups excluding carboxylic acids is 1. The quantitative estimate of drug-likeness (QED) is 0.428. The van der Waals surface area contributed by atoms with E-state index in [4.69, 9.17) is 5.73 Å². The molecule has 1 unspecified atom stereocenters. The zero-order valence-corrected chi connectivity index (χ0v) is 8.06. The largest absolute Gasteiger partial charge is 0.355 e. The van der Waals surface area contributed by atoms with Gasteiger partial charge in [-0.2, -0.15) is 0 Å². The molecule has 0 rings (SSSR count). The number of amides is 1. The molecule has 0 aromatic carbocycles. The molecule has 0 radical (unpaired) electrons. The van der Waals surface area contributed by atoms with Gasteiger partial charge in [0.15, 0.2) is 0 Å². The van der Waals surface area contributed by atoms with Gasteiger partial charge in [-0.05, 0) is 13.3 Å². The average molecular weight is 205 g/mol.